The molecule has 1 N–H and O–H groups in total. The summed E-state index contributed by atoms with van der Waals surface area (Å²) in [4.78, 5) is 10.7. The van der Waals surface area contributed by atoms with Crippen molar-refractivity contribution in [3.05, 3.63) is 47.5 Å². The van der Waals surface area contributed by atoms with Crippen LogP contribution in [-0.4, -0.2) is 28.0 Å². The van der Waals surface area contributed by atoms with Crippen molar-refractivity contribution >= 4 is 5.97 Å². The molecular weight excluding hydrogens is 239 g/mol. The third-order valence-corrected chi connectivity index (χ3v) is 2.45. The molecule has 0 atom stereocenters. The maximum Gasteiger partial charge on any atom is 0.338 e. The fraction of sp³-hybridized carbons (Fsp3) is 0.167. The van der Waals surface area contributed by atoms with E-state index in [1.807, 2.05) is 0 Å². The zero-order chi connectivity index (χ0) is 13.1. The highest BCUT2D eigenvalue weighted by atomic mass is 19.1. The number of aromatic nitrogens is 2. The minimum atomic E-state index is -1.05. The lowest BCUT2D eigenvalue weighted by atomic mass is 10.2. The van der Waals surface area contributed by atoms with E-state index in [2.05, 4.69) is 5.10 Å². The number of halogens is 1. The van der Waals surface area contributed by atoms with Gasteiger partial charge in [-0.25, -0.2) is 9.18 Å². The van der Waals surface area contributed by atoms with E-state index in [1.54, 1.807) is 0 Å². The van der Waals surface area contributed by atoms with Crippen molar-refractivity contribution in [1.29, 1.82) is 0 Å². The predicted octanol–water partition coefficient (Wildman–Crippen LogP) is 1.78. The summed E-state index contributed by atoms with van der Waals surface area (Å²) in [6.07, 6.45) is 2.63. The summed E-state index contributed by atoms with van der Waals surface area (Å²) in [5.41, 5.74) is 0.683. The van der Waals surface area contributed by atoms with E-state index in [9.17, 15) is 9.18 Å². The largest absolute Gasteiger partial charge is 0.496 e. The van der Waals surface area contributed by atoms with Crippen LogP contribution in [0.1, 0.15) is 15.9 Å². The third-order valence-electron chi connectivity index (χ3n) is 2.45. The van der Waals surface area contributed by atoms with Crippen molar-refractivity contribution in [3.63, 3.8) is 0 Å². The quantitative estimate of drug-likeness (QED) is 0.898. The summed E-state index contributed by atoms with van der Waals surface area (Å²) >= 11 is 0. The van der Waals surface area contributed by atoms with Crippen molar-refractivity contribution in [1.82, 2.24) is 9.78 Å². The Labute approximate surface area is 102 Å². The van der Waals surface area contributed by atoms with Crippen LogP contribution in [0.3, 0.4) is 0 Å². The highest BCUT2D eigenvalue weighted by molar-refractivity contribution is 5.86. The number of benzene rings is 1. The molecule has 0 unspecified atom stereocenters. The average Bonchev–Trinajstić information content (AvgIpc) is 2.78. The Bertz CT molecular complexity index is 580. The number of carboxylic acids is 1. The van der Waals surface area contributed by atoms with Crippen LogP contribution in [0.5, 0.6) is 5.75 Å². The number of nitrogens with zero attached hydrogens (tertiary/aromatic N) is 2. The molecule has 5 nitrogen and oxygen atoms in total. The molecule has 1 aromatic heterocycles. The standard InChI is InChI=1S/C12H11FN2O3/c1-18-11-3-2-10(13)4-8(11)6-15-7-9(5-14-15)12(16)17/h2-5,7H,6H2,1H3,(H,16,17). The molecule has 0 saturated carbocycles. The van der Waals surface area contributed by atoms with Gasteiger partial charge >= 0.3 is 5.97 Å². The monoisotopic (exact) mass is 250 g/mol. The summed E-state index contributed by atoms with van der Waals surface area (Å²) in [5, 5.41) is 12.7. The maximum atomic E-state index is 13.1. The van der Waals surface area contributed by atoms with Gasteiger partial charge in [0.1, 0.15) is 11.6 Å². The number of methoxy groups -OCH3 is 1. The summed E-state index contributed by atoms with van der Waals surface area (Å²) in [5.74, 6) is -0.896. The first-order valence-corrected chi connectivity index (χ1v) is 5.18. The number of rotatable bonds is 4. The molecule has 94 valence electrons. The first-order valence-electron chi connectivity index (χ1n) is 5.18. The van der Waals surface area contributed by atoms with Gasteiger partial charge < -0.3 is 9.84 Å². The van der Waals surface area contributed by atoms with Crippen molar-refractivity contribution in [2.75, 3.05) is 7.11 Å². The molecule has 0 aliphatic carbocycles. The molecule has 0 amide bonds. The van der Waals surface area contributed by atoms with Crippen LogP contribution in [0.15, 0.2) is 30.6 Å². The van der Waals surface area contributed by atoms with Gasteiger partial charge in [0.15, 0.2) is 0 Å². The maximum absolute atomic E-state index is 13.1. The lowest BCUT2D eigenvalue weighted by Crippen LogP contribution is -2.03. The smallest absolute Gasteiger partial charge is 0.338 e. The van der Waals surface area contributed by atoms with E-state index in [0.717, 1.165) is 0 Å². The molecule has 6 heteroatoms. The van der Waals surface area contributed by atoms with Crippen LogP contribution < -0.4 is 4.74 Å². The van der Waals surface area contributed by atoms with Crippen molar-refractivity contribution in [2.45, 2.75) is 6.54 Å². The predicted molar refractivity (Wildman–Crippen MR) is 61.2 cm³/mol. The molecule has 2 aromatic rings. The number of aromatic carboxylic acids is 1. The lowest BCUT2D eigenvalue weighted by Gasteiger charge is -2.08. The van der Waals surface area contributed by atoms with Gasteiger partial charge in [-0.1, -0.05) is 0 Å². The van der Waals surface area contributed by atoms with E-state index >= 15 is 0 Å². The van der Waals surface area contributed by atoms with Crippen molar-refractivity contribution < 1.29 is 19.0 Å². The van der Waals surface area contributed by atoms with Crippen LogP contribution >= 0.6 is 0 Å². The molecular formula is C12H11FN2O3. The Hall–Kier alpha value is -2.37. The van der Waals surface area contributed by atoms with E-state index < -0.39 is 5.97 Å². The number of ether oxygens (including phenoxy) is 1. The Morgan fingerprint density at radius 2 is 2.33 bits per heavy atom. The summed E-state index contributed by atoms with van der Waals surface area (Å²) in [6, 6.07) is 4.15. The first kappa shape index (κ1) is 12.1. The van der Waals surface area contributed by atoms with Crippen LogP contribution in [0.25, 0.3) is 0 Å². The van der Waals surface area contributed by atoms with Crippen LogP contribution in [-0.2, 0) is 6.54 Å². The minimum absolute atomic E-state index is 0.0883. The molecule has 1 heterocycles. The molecule has 0 saturated heterocycles. The molecule has 0 aliphatic rings. The third kappa shape index (κ3) is 2.48. The summed E-state index contributed by atoms with van der Waals surface area (Å²) in [7, 11) is 1.49. The lowest BCUT2D eigenvalue weighted by molar-refractivity contribution is 0.0697. The SMILES string of the molecule is COc1ccc(F)cc1Cn1cc(C(=O)O)cn1. The van der Waals surface area contributed by atoms with Crippen LogP contribution in [0, 0.1) is 5.82 Å². The summed E-state index contributed by atoms with van der Waals surface area (Å²) < 4.78 is 19.7. The molecule has 0 radical (unpaired) electrons. The molecule has 18 heavy (non-hydrogen) atoms. The summed E-state index contributed by atoms with van der Waals surface area (Å²) in [6.45, 7) is 0.244. The molecule has 0 fully saturated rings. The normalized spacial score (nSPS) is 10.3. The van der Waals surface area contributed by atoms with E-state index in [-0.39, 0.29) is 17.9 Å². The Kier molecular flexibility index (Phi) is 3.27. The van der Waals surface area contributed by atoms with Gasteiger partial charge in [-0.05, 0) is 18.2 Å². The van der Waals surface area contributed by atoms with Gasteiger partial charge in [0.25, 0.3) is 0 Å². The van der Waals surface area contributed by atoms with Gasteiger partial charge in [0.05, 0.1) is 25.4 Å². The number of carbonyl (C=O) groups is 1. The zero-order valence-electron chi connectivity index (χ0n) is 9.63. The molecule has 0 aliphatic heterocycles. The van der Waals surface area contributed by atoms with Gasteiger partial charge in [-0.15, -0.1) is 0 Å². The molecule has 0 spiro atoms. The number of carboxylic acid groups (broad SMARTS) is 1. The zero-order valence-corrected chi connectivity index (χ0v) is 9.63. The second-order valence-electron chi connectivity index (χ2n) is 3.69. The minimum Gasteiger partial charge on any atom is -0.496 e. The molecule has 0 bridgehead atoms. The Morgan fingerprint density at radius 3 is 2.94 bits per heavy atom. The topological polar surface area (TPSA) is 64.3 Å². The van der Waals surface area contributed by atoms with E-state index in [1.165, 1.54) is 42.4 Å². The van der Waals surface area contributed by atoms with Crippen LogP contribution in [0.2, 0.25) is 0 Å². The Morgan fingerprint density at radius 1 is 1.56 bits per heavy atom. The van der Waals surface area contributed by atoms with Gasteiger partial charge in [0.2, 0.25) is 0 Å². The van der Waals surface area contributed by atoms with Crippen LogP contribution in [0.4, 0.5) is 4.39 Å². The van der Waals surface area contributed by atoms with Crippen molar-refractivity contribution in [3.8, 4) is 5.75 Å². The number of hydrogen-bond donors (Lipinski definition) is 1. The second kappa shape index (κ2) is 4.87. The number of hydrogen-bond acceptors (Lipinski definition) is 3. The Balaban J connectivity index is 2.27. The molecule has 1 aromatic carbocycles. The fourth-order valence-corrected chi connectivity index (χ4v) is 1.61. The van der Waals surface area contributed by atoms with Gasteiger partial charge in [-0.3, -0.25) is 4.68 Å². The van der Waals surface area contributed by atoms with Gasteiger partial charge in [-0.2, -0.15) is 5.10 Å². The highest BCUT2D eigenvalue weighted by Gasteiger charge is 2.09. The van der Waals surface area contributed by atoms with E-state index in [0.29, 0.717) is 11.3 Å². The highest BCUT2D eigenvalue weighted by Crippen LogP contribution is 2.20. The van der Waals surface area contributed by atoms with Crippen molar-refractivity contribution in [2.24, 2.45) is 0 Å². The average molecular weight is 250 g/mol. The van der Waals surface area contributed by atoms with E-state index in [4.69, 9.17) is 9.84 Å². The van der Waals surface area contributed by atoms with Gasteiger partial charge in [0, 0.05) is 11.8 Å². The fourth-order valence-electron chi connectivity index (χ4n) is 1.61. The second-order valence-corrected chi connectivity index (χ2v) is 3.69. The first-order chi connectivity index (χ1) is 8.60. The molecule has 2 rings (SSSR count).